The van der Waals surface area contributed by atoms with E-state index >= 15 is 0 Å². The number of benzene rings is 1. The molecule has 33 heavy (non-hydrogen) atoms. The van der Waals surface area contributed by atoms with Gasteiger partial charge in [-0.2, -0.15) is 0 Å². The number of rotatable bonds is 14. The Kier molecular flexibility index (Phi) is 11.2. The summed E-state index contributed by atoms with van der Waals surface area (Å²) in [5, 5.41) is 0. The van der Waals surface area contributed by atoms with Crippen molar-refractivity contribution in [1.82, 2.24) is 9.80 Å². The minimum atomic E-state index is -0.105. The quantitative estimate of drug-likeness (QED) is 0.387. The van der Waals surface area contributed by atoms with E-state index in [0.717, 1.165) is 10.4 Å². The second kappa shape index (κ2) is 13.9. The Balaban J connectivity index is 2.10. The fourth-order valence-corrected chi connectivity index (χ4v) is 4.37. The van der Waals surface area contributed by atoms with Crippen molar-refractivity contribution in [3.05, 3.63) is 45.6 Å². The summed E-state index contributed by atoms with van der Waals surface area (Å²) in [7, 11) is 3.22. The average Bonchev–Trinajstić information content (AvgIpc) is 3.22. The van der Waals surface area contributed by atoms with Crippen molar-refractivity contribution in [2.45, 2.75) is 40.2 Å². The highest BCUT2D eigenvalue weighted by Gasteiger charge is 2.20. The molecular formula is C25H36N2O5S. The zero-order chi connectivity index (χ0) is 24.2. The second-order valence-corrected chi connectivity index (χ2v) is 9.13. The number of thiophene rings is 1. The van der Waals surface area contributed by atoms with Gasteiger partial charge in [-0.15, -0.1) is 11.3 Å². The predicted octanol–water partition coefficient (Wildman–Crippen LogP) is 3.92. The molecule has 1 heterocycles. The molecule has 0 aliphatic rings. The number of nitrogens with zero attached hydrogens (tertiary/aromatic N) is 2. The van der Waals surface area contributed by atoms with Crippen LogP contribution in [0.25, 0.3) is 0 Å². The molecule has 1 aromatic heterocycles. The zero-order valence-electron chi connectivity index (χ0n) is 20.4. The topological polar surface area (TPSA) is 68.3 Å². The van der Waals surface area contributed by atoms with Gasteiger partial charge in [-0.05, 0) is 56.5 Å². The summed E-state index contributed by atoms with van der Waals surface area (Å²) in [5.41, 5.74) is 1.05. The monoisotopic (exact) mass is 476 g/mol. The smallest absolute Gasteiger partial charge is 0.242 e. The lowest BCUT2D eigenvalue weighted by atomic mass is 10.1. The van der Waals surface area contributed by atoms with Gasteiger partial charge in [0.1, 0.15) is 0 Å². The average molecular weight is 477 g/mol. The Hall–Kier alpha value is -2.58. The lowest BCUT2D eigenvalue weighted by Gasteiger charge is -2.27. The Labute approximate surface area is 201 Å². The van der Waals surface area contributed by atoms with Crippen LogP contribution in [0.5, 0.6) is 11.5 Å². The first-order valence-corrected chi connectivity index (χ1v) is 12.1. The fourth-order valence-electron chi connectivity index (χ4n) is 3.46. The normalized spacial score (nSPS) is 10.7. The van der Waals surface area contributed by atoms with Gasteiger partial charge in [0.15, 0.2) is 11.5 Å². The third-order valence-corrected chi connectivity index (χ3v) is 6.29. The minimum Gasteiger partial charge on any atom is -0.493 e. The molecule has 0 aliphatic carbocycles. The predicted molar refractivity (Wildman–Crippen MR) is 131 cm³/mol. The van der Waals surface area contributed by atoms with E-state index < -0.39 is 0 Å². The maximum Gasteiger partial charge on any atom is 0.242 e. The number of methoxy groups -OCH3 is 2. The molecular weight excluding hydrogens is 440 g/mol. The Morgan fingerprint density at radius 3 is 2.36 bits per heavy atom. The minimum absolute atomic E-state index is 0.0619. The number of aryl methyl sites for hydroxylation is 1. The van der Waals surface area contributed by atoms with Crippen LogP contribution in [0.1, 0.15) is 35.6 Å². The van der Waals surface area contributed by atoms with Crippen LogP contribution >= 0.6 is 11.3 Å². The van der Waals surface area contributed by atoms with E-state index in [9.17, 15) is 9.59 Å². The van der Waals surface area contributed by atoms with Crippen LogP contribution in [0.2, 0.25) is 0 Å². The summed E-state index contributed by atoms with van der Waals surface area (Å²) in [6.45, 7) is 8.35. The Morgan fingerprint density at radius 2 is 1.76 bits per heavy atom. The van der Waals surface area contributed by atoms with Crippen LogP contribution in [0.4, 0.5) is 0 Å². The summed E-state index contributed by atoms with van der Waals surface area (Å²) in [4.78, 5) is 31.2. The highest BCUT2D eigenvalue weighted by atomic mass is 32.1. The molecule has 0 radical (unpaired) electrons. The number of ether oxygens (including phenoxy) is 3. The number of carbonyl (C=O) groups excluding carboxylic acids is 2. The van der Waals surface area contributed by atoms with Gasteiger partial charge < -0.3 is 24.0 Å². The van der Waals surface area contributed by atoms with E-state index in [2.05, 4.69) is 19.1 Å². The molecule has 2 amide bonds. The van der Waals surface area contributed by atoms with E-state index in [4.69, 9.17) is 14.2 Å². The van der Waals surface area contributed by atoms with Crippen LogP contribution in [0.15, 0.2) is 30.3 Å². The molecule has 182 valence electrons. The third-order valence-electron chi connectivity index (χ3n) is 5.31. The highest BCUT2D eigenvalue weighted by molar-refractivity contribution is 7.11. The Morgan fingerprint density at radius 1 is 1.00 bits per heavy atom. The molecule has 1 aromatic carbocycles. The SMILES string of the molecule is CCOCCCN(CC(=O)N(CCc1ccc(OC)c(OC)c1)Cc1ccc(C)s1)C(C)=O. The number of hydrogen-bond acceptors (Lipinski definition) is 6. The molecule has 0 atom stereocenters. The highest BCUT2D eigenvalue weighted by Crippen LogP contribution is 2.28. The molecule has 8 heteroatoms. The van der Waals surface area contributed by atoms with Crippen LogP contribution < -0.4 is 9.47 Å². The lowest BCUT2D eigenvalue weighted by molar-refractivity contribution is -0.140. The van der Waals surface area contributed by atoms with Crippen molar-refractivity contribution < 1.29 is 23.8 Å². The van der Waals surface area contributed by atoms with Gasteiger partial charge in [0, 0.05) is 43.0 Å². The van der Waals surface area contributed by atoms with E-state index in [1.807, 2.05) is 30.0 Å². The van der Waals surface area contributed by atoms with E-state index in [0.29, 0.717) is 57.2 Å². The summed E-state index contributed by atoms with van der Waals surface area (Å²) in [5.74, 6) is 1.17. The molecule has 0 fully saturated rings. The molecule has 0 spiro atoms. The van der Waals surface area contributed by atoms with Gasteiger partial charge in [-0.3, -0.25) is 9.59 Å². The first-order valence-electron chi connectivity index (χ1n) is 11.2. The largest absolute Gasteiger partial charge is 0.493 e. The van der Waals surface area contributed by atoms with Crippen LogP contribution in [0, 0.1) is 6.92 Å². The van der Waals surface area contributed by atoms with Crippen LogP contribution in [-0.2, 0) is 27.3 Å². The molecule has 7 nitrogen and oxygen atoms in total. The summed E-state index contributed by atoms with van der Waals surface area (Å²) in [6.07, 6.45) is 1.37. The van der Waals surface area contributed by atoms with E-state index in [-0.39, 0.29) is 18.4 Å². The van der Waals surface area contributed by atoms with Gasteiger partial charge in [0.05, 0.1) is 27.3 Å². The fraction of sp³-hybridized carbons (Fsp3) is 0.520. The van der Waals surface area contributed by atoms with Crippen LogP contribution in [-0.4, -0.2) is 68.7 Å². The van der Waals surface area contributed by atoms with Crippen molar-refractivity contribution in [2.75, 3.05) is 47.1 Å². The molecule has 0 N–H and O–H groups in total. The molecule has 0 bridgehead atoms. The van der Waals surface area contributed by atoms with Gasteiger partial charge in [-0.1, -0.05) is 6.07 Å². The molecule has 2 rings (SSSR count). The van der Waals surface area contributed by atoms with Crippen molar-refractivity contribution in [1.29, 1.82) is 0 Å². The van der Waals surface area contributed by atoms with Crippen LogP contribution in [0.3, 0.4) is 0 Å². The molecule has 0 saturated carbocycles. The number of carbonyl (C=O) groups is 2. The van der Waals surface area contributed by atoms with E-state index in [1.54, 1.807) is 30.5 Å². The van der Waals surface area contributed by atoms with Crippen molar-refractivity contribution in [3.63, 3.8) is 0 Å². The molecule has 0 saturated heterocycles. The van der Waals surface area contributed by atoms with E-state index in [1.165, 1.54) is 11.8 Å². The maximum atomic E-state index is 13.3. The first kappa shape index (κ1) is 26.7. The third kappa shape index (κ3) is 8.70. The number of amides is 2. The first-order chi connectivity index (χ1) is 15.9. The lowest BCUT2D eigenvalue weighted by Crippen LogP contribution is -2.43. The second-order valence-electron chi connectivity index (χ2n) is 7.76. The maximum absolute atomic E-state index is 13.3. The van der Waals surface area contributed by atoms with Crippen molar-refractivity contribution in [3.8, 4) is 11.5 Å². The van der Waals surface area contributed by atoms with Gasteiger partial charge in [-0.25, -0.2) is 0 Å². The van der Waals surface area contributed by atoms with Crippen molar-refractivity contribution >= 4 is 23.2 Å². The Bertz CT molecular complexity index is 899. The molecule has 0 unspecified atom stereocenters. The summed E-state index contributed by atoms with van der Waals surface area (Å²) >= 11 is 1.68. The molecule has 0 aliphatic heterocycles. The van der Waals surface area contributed by atoms with Crippen molar-refractivity contribution in [2.24, 2.45) is 0 Å². The standard InChI is InChI=1S/C25H36N2O5S/c1-6-32-15-7-13-26(20(3)28)18-25(29)27(17-22-10-8-19(2)33-22)14-12-21-9-11-23(30-4)24(16-21)31-5/h8-11,16H,6-7,12-15,17-18H2,1-5H3. The van der Waals surface area contributed by atoms with Gasteiger partial charge in [0.25, 0.3) is 0 Å². The summed E-state index contributed by atoms with van der Waals surface area (Å²) in [6, 6.07) is 9.91. The van der Waals surface area contributed by atoms with Gasteiger partial charge >= 0.3 is 0 Å². The zero-order valence-corrected chi connectivity index (χ0v) is 21.2. The molecule has 2 aromatic rings. The summed E-state index contributed by atoms with van der Waals surface area (Å²) < 4.78 is 16.1. The van der Waals surface area contributed by atoms with Gasteiger partial charge in [0.2, 0.25) is 11.8 Å². The number of hydrogen-bond donors (Lipinski definition) is 0.